The van der Waals surface area contributed by atoms with Crippen LogP contribution in [0.15, 0.2) is 36.7 Å². The number of nitrogens with zero attached hydrogens (tertiary/aromatic N) is 2. The fourth-order valence-electron chi connectivity index (χ4n) is 2.74. The Morgan fingerprint density at radius 3 is 2.55 bits per heavy atom. The van der Waals surface area contributed by atoms with E-state index >= 15 is 0 Å². The second kappa shape index (κ2) is 6.23. The van der Waals surface area contributed by atoms with Crippen molar-refractivity contribution in [3.63, 3.8) is 0 Å². The van der Waals surface area contributed by atoms with Crippen LogP contribution in [-0.4, -0.2) is 15.6 Å². The van der Waals surface area contributed by atoms with Crippen LogP contribution >= 0.6 is 0 Å². The zero-order chi connectivity index (χ0) is 14.7. The predicted octanol–water partition coefficient (Wildman–Crippen LogP) is 3.64. The van der Waals surface area contributed by atoms with Crippen LogP contribution in [-0.2, 0) is 0 Å². The summed E-state index contributed by atoms with van der Waals surface area (Å²) in [5.41, 5.74) is 9.01. The Labute approximate surface area is 121 Å². The Balaban J connectivity index is 2.54. The fourth-order valence-corrected chi connectivity index (χ4v) is 2.74. The highest BCUT2D eigenvalue weighted by Gasteiger charge is 2.24. The summed E-state index contributed by atoms with van der Waals surface area (Å²) in [6.45, 7) is 8.63. The Bertz CT molecular complexity index is 557. The highest BCUT2D eigenvalue weighted by atomic mass is 15.1. The first-order chi connectivity index (χ1) is 9.56. The van der Waals surface area contributed by atoms with E-state index < -0.39 is 0 Å². The molecule has 0 radical (unpaired) electrons. The highest BCUT2D eigenvalue weighted by Crippen LogP contribution is 2.28. The molecular weight excluding hydrogens is 246 g/mol. The van der Waals surface area contributed by atoms with Crippen molar-refractivity contribution in [1.82, 2.24) is 9.55 Å². The largest absolute Gasteiger partial charge is 0.326 e. The topological polar surface area (TPSA) is 43.8 Å². The fraction of sp³-hybridized carbons (Fsp3) is 0.471. The number of rotatable bonds is 5. The molecule has 0 spiro atoms. The van der Waals surface area contributed by atoms with Crippen LogP contribution in [0.25, 0.3) is 0 Å². The van der Waals surface area contributed by atoms with E-state index in [0.29, 0.717) is 5.92 Å². The normalized spacial score (nSPS) is 14.5. The van der Waals surface area contributed by atoms with E-state index in [4.69, 9.17) is 5.73 Å². The van der Waals surface area contributed by atoms with Crippen LogP contribution in [0.3, 0.4) is 0 Å². The SMILES string of the molecule is CCC(N)C(c1ccccc1C)n1ccnc1C(C)C. The quantitative estimate of drug-likeness (QED) is 0.902. The molecule has 0 aliphatic rings. The van der Waals surface area contributed by atoms with Crippen LogP contribution in [0.1, 0.15) is 56.1 Å². The molecule has 1 heterocycles. The van der Waals surface area contributed by atoms with Crippen molar-refractivity contribution >= 4 is 0 Å². The highest BCUT2D eigenvalue weighted by molar-refractivity contribution is 5.31. The van der Waals surface area contributed by atoms with E-state index in [1.165, 1.54) is 11.1 Å². The zero-order valence-corrected chi connectivity index (χ0v) is 12.9. The maximum atomic E-state index is 6.43. The minimum Gasteiger partial charge on any atom is -0.326 e. The van der Waals surface area contributed by atoms with Gasteiger partial charge in [0.05, 0.1) is 6.04 Å². The number of imidazole rings is 1. The molecule has 2 rings (SSSR count). The number of hydrogen-bond acceptors (Lipinski definition) is 2. The minimum absolute atomic E-state index is 0.0859. The standard InChI is InChI=1S/C17H25N3/c1-5-15(18)16(14-9-7-6-8-13(14)4)20-11-10-19-17(20)12(2)3/h6-12,15-16H,5,18H2,1-4H3. The molecule has 0 aliphatic heterocycles. The Kier molecular flexibility index (Phi) is 4.61. The van der Waals surface area contributed by atoms with Gasteiger partial charge in [-0.3, -0.25) is 0 Å². The molecule has 3 nitrogen and oxygen atoms in total. The van der Waals surface area contributed by atoms with Gasteiger partial charge in [-0.2, -0.15) is 0 Å². The first kappa shape index (κ1) is 14.8. The lowest BCUT2D eigenvalue weighted by Crippen LogP contribution is -2.33. The summed E-state index contributed by atoms with van der Waals surface area (Å²) in [6.07, 6.45) is 4.87. The molecule has 1 aromatic carbocycles. The molecule has 2 atom stereocenters. The molecule has 0 aliphatic carbocycles. The van der Waals surface area contributed by atoms with Crippen LogP contribution < -0.4 is 5.73 Å². The van der Waals surface area contributed by atoms with Crippen molar-refractivity contribution in [1.29, 1.82) is 0 Å². The van der Waals surface area contributed by atoms with Crippen LogP contribution in [0.4, 0.5) is 0 Å². The third-order valence-electron chi connectivity index (χ3n) is 3.90. The molecule has 3 heteroatoms. The first-order valence-corrected chi connectivity index (χ1v) is 7.40. The number of benzene rings is 1. The maximum absolute atomic E-state index is 6.43. The number of aryl methyl sites for hydroxylation is 1. The molecule has 20 heavy (non-hydrogen) atoms. The van der Waals surface area contributed by atoms with E-state index in [-0.39, 0.29) is 12.1 Å². The summed E-state index contributed by atoms with van der Waals surface area (Å²) in [6, 6.07) is 8.73. The molecule has 108 valence electrons. The Morgan fingerprint density at radius 1 is 1.25 bits per heavy atom. The van der Waals surface area contributed by atoms with Crippen molar-refractivity contribution in [2.45, 2.75) is 52.1 Å². The molecule has 0 saturated heterocycles. The van der Waals surface area contributed by atoms with Crippen molar-refractivity contribution < 1.29 is 0 Å². The van der Waals surface area contributed by atoms with Gasteiger partial charge >= 0.3 is 0 Å². The molecule has 2 N–H and O–H groups in total. The molecule has 2 unspecified atom stereocenters. The summed E-state index contributed by atoms with van der Waals surface area (Å²) in [7, 11) is 0. The van der Waals surface area contributed by atoms with Gasteiger partial charge in [0.25, 0.3) is 0 Å². The van der Waals surface area contributed by atoms with E-state index in [9.17, 15) is 0 Å². The van der Waals surface area contributed by atoms with Gasteiger partial charge in [-0.25, -0.2) is 4.98 Å². The van der Waals surface area contributed by atoms with Crippen molar-refractivity contribution in [3.8, 4) is 0 Å². The third-order valence-corrected chi connectivity index (χ3v) is 3.90. The minimum atomic E-state index is 0.0859. The van der Waals surface area contributed by atoms with Gasteiger partial charge in [0.15, 0.2) is 0 Å². The van der Waals surface area contributed by atoms with Gasteiger partial charge in [0.1, 0.15) is 5.82 Å². The van der Waals surface area contributed by atoms with Gasteiger partial charge in [-0.15, -0.1) is 0 Å². The molecular formula is C17H25N3. The van der Waals surface area contributed by atoms with Gasteiger partial charge in [0, 0.05) is 24.4 Å². The van der Waals surface area contributed by atoms with Gasteiger partial charge in [0.2, 0.25) is 0 Å². The average Bonchev–Trinajstić information content (AvgIpc) is 2.90. The van der Waals surface area contributed by atoms with Crippen molar-refractivity contribution in [2.24, 2.45) is 5.73 Å². The van der Waals surface area contributed by atoms with Crippen LogP contribution in [0.2, 0.25) is 0 Å². The lowest BCUT2D eigenvalue weighted by atomic mass is 9.93. The van der Waals surface area contributed by atoms with Gasteiger partial charge < -0.3 is 10.3 Å². The monoisotopic (exact) mass is 271 g/mol. The maximum Gasteiger partial charge on any atom is 0.111 e. The predicted molar refractivity (Wildman–Crippen MR) is 83.9 cm³/mol. The molecule has 0 saturated carbocycles. The van der Waals surface area contributed by atoms with Crippen molar-refractivity contribution in [3.05, 3.63) is 53.6 Å². The van der Waals surface area contributed by atoms with Crippen molar-refractivity contribution in [2.75, 3.05) is 0 Å². The number of nitrogens with two attached hydrogens (primary N) is 1. The number of hydrogen-bond donors (Lipinski definition) is 1. The van der Waals surface area contributed by atoms with E-state index in [1.807, 2.05) is 6.20 Å². The first-order valence-electron chi connectivity index (χ1n) is 7.40. The van der Waals surface area contributed by atoms with E-state index in [0.717, 1.165) is 12.2 Å². The molecule has 0 fully saturated rings. The lowest BCUT2D eigenvalue weighted by Gasteiger charge is -2.28. The molecule has 0 amide bonds. The summed E-state index contributed by atoms with van der Waals surface area (Å²) in [5, 5.41) is 0. The molecule has 2 aromatic rings. The second-order valence-electron chi connectivity index (χ2n) is 5.72. The van der Waals surface area contributed by atoms with Gasteiger partial charge in [-0.1, -0.05) is 45.0 Å². The number of aromatic nitrogens is 2. The lowest BCUT2D eigenvalue weighted by molar-refractivity contribution is 0.438. The summed E-state index contributed by atoms with van der Waals surface area (Å²) in [5.74, 6) is 1.49. The van der Waals surface area contributed by atoms with Gasteiger partial charge in [-0.05, 0) is 24.5 Å². The van der Waals surface area contributed by atoms with E-state index in [2.05, 4.69) is 67.7 Å². The second-order valence-corrected chi connectivity index (χ2v) is 5.72. The smallest absolute Gasteiger partial charge is 0.111 e. The Hall–Kier alpha value is -1.61. The molecule has 1 aromatic heterocycles. The summed E-state index contributed by atoms with van der Waals surface area (Å²) < 4.78 is 2.25. The summed E-state index contributed by atoms with van der Waals surface area (Å²) >= 11 is 0. The van der Waals surface area contributed by atoms with Crippen LogP contribution in [0, 0.1) is 6.92 Å². The van der Waals surface area contributed by atoms with E-state index in [1.54, 1.807) is 0 Å². The average molecular weight is 271 g/mol. The van der Waals surface area contributed by atoms with Crippen LogP contribution in [0.5, 0.6) is 0 Å². The zero-order valence-electron chi connectivity index (χ0n) is 12.9. The Morgan fingerprint density at radius 2 is 1.95 bits per heavy atom. The third kappa shape index (κ3) is 2.78. The summed E-state index contributed by atoms with van der Waals surface area (Å²) in [4.78, 5) is 4.52. The molecule has 0 bridgehead atoms.